The summed E-state index contributed by atoms with van der Waals surface area (Å²) in [5.41, 5.74) is 1.70. The summed E-state index contributed by atoms with van der Waals surface area (Å²) in [5.74, 6) is -2.54. The van der Waals surface area contributed by atoms with Gasteiger partial charge in [0.05, 0.1) is 46.6 Å². The van der Waals surface area contributed by atoms with Gasteiger partial charge in [0.15, 0.2) is 0 Å². The van der Waals surface area contributed by atoms with E-state index in [1.54, 1.807) is 16.7 Å². The van der Waals surface area contributed by atoms with E-state index in [1.165, 1.54) is 36.4 Å². The van der Waals surface area contributed by atoms with Crippen molar-refractivity contribution in [1.29, 1.82) is 5.26 Å². The van der Waals surface area contributed by atoms with Crippen molar-refractivity contribution in [2.24, 2.45) is 0 Å². The molecule has 11 heteroatoms. The van der Waals surface area contributed by atoms with Gasteiger partial charge in [-0.2, -0.15) is 5.26 Å². The fourth-order valence-corrected chi connectivity index (χ4v) is 5.16. The fourth-order valence-electron chi connectivity index (χ4n) is 5.16. The van der Waals surface area contributed by atoms with Gasteiger partial charge in [0.25, 0.3) is 0 Å². The number of carboxylic acids is 1. The van der Waals surface area contributed by atoms with Crippen LogP contribution in [0.1, 0.15) is 52.1 Å². The second kappa shape index (κ2) is 12.8. The number of ether oxygens (including phenoxy) is 2. The van der Waals surface area contributed by atoms with Crippen LogP contribution in [0.25, 0.3) is 22.3 Å². The number of carbonyl (C=O) groups is 1. The quantitative estimate of drug-likeness (QED) is 0.174. The number of nitrogens with zero attached hydrogens (tertiary/aromatic N) is 4. The fraction of sp³-hybridized carbons (Fsp3) is 0.235. The van der Waals surface area contributed by atoms with Crippen molar-refractivity contribution in [1.82, 2.24) is 14.5 Å². The summed E-state index contributed by atoms with van der Waals surface area (Å²) in [6.07, 6.45) is 3.27. The number of fused-ring (bicyclic) bond motifs is 1. The van der Waals surface area contributed by atoms with E-state index in [0.29, 0.717) is 30.0 Å². The molecule has 2 heterocycles. The Kier molecular flexibility index (Phi) is 8.49. The van der Waals surface area contributed by atoms with Gasteiger partial charge in [0.2, 0.25) is 5.88 Å². The Labute approximate surface area is 256 Å². The molecule has 0 unspecified atom stereocenters. The molecular formula is C34H27F3N4O4. The van der Waals surface area contributed by atoms with Crippen molar-refractivity contribution in [3.63, 3.8) is 0 Å². The first-order valence-electron chi connectivity index (χ1n) is 14.4. The Bertz CT molecular complexity index is 1950. The van der Waals surface area contributed by atoms with Gasteiger partial charge in [-0.15, -0.1) is 0 Å². The number of benzene rings is 3. The van der Waals surface area contributed by atoms with Crippen molar-refractivity contribution >= 4 is 17.0 Å². The van der Waals surface area contributed by atoms with E-state index in [-0.39, 0.29) is 58.5 Å². The lowest BCUT2D eigenvalue weighted by Gasteiger charge is -2.25. The zero-order chi connectivity index (χ0) is 31.5. The van der Waals surface area contributed by atoms with E-state index in [2.05, 4.69) is 9.97 Å². The third-order valence-corrected chi connectivity index (χ3v) is 7.84. The molecule has 1 N–H and O–H groups in total. The largest absolute Gasteiger partial charge is 0.478 e. The first-order valence-corrected chi connectivity index (χ1v) is 14.4. The van der Waals surface area contributed by atoms with Crippen LogP contribution in [-0.4, -0.2) is 38.3 Å². The molecule has 2 aromatic heterocycles. The van der Waals surface area contributed by atoms with Crippen LogP contribution in [0.4, 0.5) is 13.2 Å². The van der Waals surface area contributed by atoms with E-state index < -0.39 is 23.4 Å². The molecule has 228 valence electrons. The Morgan fingerprint density at radius 2 is 1.80 bits per heavy atom. The van der Waals surface area contributed by atoms with Gasteiger partial charge >= 0.3 is 5.97 Å². The van der Waals surface area contributed by atoms with E-state index in [1.807, 2.05) is 6.07 Å². The van der Waals surface area contributed by atoms with Gasteiger partial charge < -0.3 is 19.1 Å². The highest BCUT2D eigenvalue weighted by atomic mass is 19.1. The third kappa shape index (κ3) is 6.51. The lowest BCUT2D eigenvalue weighted by atomic mass is 9.96. The van der Waals surface area contributed by atoms with Crippen LogP contribution >= 0.6 is 0 Å². The number of hydrogen-bond donors (Lipinski definition) is 1. The predicted octanol–water partition coefficient (Wildman–Crippen LogP) is 6.82. The molecule has 1 aliphatic carbocycles. The molecule has 0 bridgehead atoms. The average molecular weight is 613 g/mol. The van der Waals surface area contributed by atoms with Crippen molar-refractivity contribution in [2.75, 3.05) is 6.61 Å². The smallest absolute Gasteiger partial charge is 0.335 e. The molecule has 1 fully saturated rings. The summed E-state index contributed by atoms with van der Waals surface area (Å²) in [6.45, 7) is 0.569. The summed E-state index contributed by atoms with van der Waals surface area (Å²) in [7, 11) is 0. The topological polar surface area (TPSA) is 110 Å². The van der Waals surface area contributed by atoms with Crippen LogP contribution in [0.5, 0.6) is 5.88 Å². The number of halogens is 3. The summed E-state index contributed by atoms with van der Waals surface area (Å²) in [6, 6.07) is 17.2. The molecular weight excluding hydrogens is 585 g/mol. The molecule has 8 nitrogen and oxygen atoms in total. The highest BCUT2D eigenvalue weighted by Gasteiger charge is 2.21. The number of carboxylic acid groups (broad SMARTS) is 1. The van der Waals surface area contributed by atoms with E-state index in [9.17, 15) is 14.3 Å². The summed E-state index contributed by atoms with van der Waals surface area (Å²) < 4.78 is 58.5. The first kappa shape index (κ1) is 29.8. The molecule has 3 aromatic carbocycles. The summed E-state index contributed by atoms with van der Waals surface area (Å²) in [5, 5.41) is 18.4. The monoisotopic (exact) mass is 612 g/mol. The van der Waals surface area contributed by atoms with Gasteiger partial charge in [-0.1, -0.05) is 12.1 Å². The Hall–Kier alpha value is -5.21. The van der Waals surface area contributed by atoms with Gasteiger partial charge in [-0.05, 0) is 73.4 Å². The molecule has 1 aliphatic rings. The van der Waals surface area contributed by atoms with Crippen LogP contribution in [-0.2, 0) is 24.3 Å². The second-order valence-corrected chi connectivity index (χ2v) is 10.8. The van der Waals surface area contributed by atoms with E-state index in [0.717, 1.165) is 37.5 Å². The molecule has 1 saturated carbocycles. The van der Waals surface area contributed by atoms with Crippen molar-refractivity contribution in [2.45, 2.75) is 44.9 Å². The van der Waals surface area contributed by atoms with Crippen LogP contribution in [0.15, 0.2) is 66.7 Å². The molecule has 45 heavy (non-hydrogen) atoms. The number of nitriles is 1. The molecule has 5 aromatic rings. The number of imidazole rings is 1. The van der Waals surface area contributed by atoms with Gasteiger partial charge in [-0.25, -0.2) is 27.9 Å². The third-order valence-electron chi connectivity index (χ3n) is 7.84. The zero-order valence-corrected chi connectivity index (χ0v) is 24.0. The van der Waals surface area contributed by atoms with Crippen molar-refractivity contribution in [3.05, 3.63) is 112 Å². The lowest BCUT2D eigenvalue weighted by molar-refractivity contribution is -0.00120. The van der Waals surface area contributed by atoms with Gasteiger partial charge in [0.1, 0.15) is 29.9 Å². The summed E-state index contributed by atoms with van der Waals surface area (Å²) >= 11 is 0. The molecule has 0 atom stereocenters. The molecule has 0 saturated heterocycles. The Morgan fingerprint density at radius 3 is 2.53 bits per heavy atom. The van der Waals surface area contributed by atoms with Crippen LogP contribution < -0.4 is 4.74 Å². The molecule has 0 radical (unpaired) electrons. The molecule has 0 aliphatic heterocycles. The average Bonchev–Trinajstić information content (AvgIpc) is 3.35. The number of aromatic carboxylic acids is 1. The maximum atomic E-state index is 15.5. The Morgan fingerprint density at radius 1 is 0.978 bits per heavy atom. The normalized spacial score (nSPS) is 13.0. The van der Waals surface area contributed by atoms with Crippen LogP contribution in [0.3, 0.4) is 0 Å². The highest BCUT2D eigenvalue weighted by molar-refractivity contribution is 5.92. The maximum Gasteiger partial charge on any atom is 0.335 e. The van der Waals surface area contributed by atoms with E-state index >= 15 is 8.78 Å². The number of hydrogen-bond acceptors (Lipinski definition) is 6. The SMILES string of the molecule is N#Cc1ccc(COc2cccc(-c3cc(F)c(Cc4nc5ccc(C(=O)O)cc5n4CCOC4CCC4)cc3F)n2)c(F)c1. The second-order valence-electron chi connectivity index (χ2n) is 10.8. The summed E-state index contributed by atoms with van der Waals surface area (Å²) in [4.78, 5) is 20.5. The predicted molar refractivity (Wildman–Crippen MR) is 158 cm³/mol. The minimum atomic E-state index is -1.08. The standard InChI is InChI=1S/C34H27F3N4O4/c35-26-13-20(18-38)7-8-22(26)19-45-33-6-2-5-29(40-33)25-17-27(36)23(14-28(25)37)16-32-39-30-10-9-21(34(42)43)15-31(30)41(32)11-12-44-24-3-1-4-24/h2,5-10,13-15,17,24H,1,3-4,11-12,16,19H2,(H,42,43). The highest BCUT2D eigenvalue weighted by Crippen LogP contribution is 2.29. The first-order chi connectivity index (χ1) is 21.8. The van der Waals surface area contributed by atoms with Gasteiger partial charge in [-0.3, -0.25) is 0 Å². The molecule has 6 rings (SSSR count). The lowest BCUT2D eigenvalue weighted by Crippen LogP contribution is -2.23. The van der Waals surface area contributed by atoms with Gasteiger partial charge in [0, 0.05) is 30.2 Å². The van der Waals surface area contributed by atoms with Crippen molar-refractivity contribution in [3.8, 4) is 23.2 Å². The molecule has 0 spiro atoms. The minimum absolute atomic E-state index is 0.0454. The van der Waals surface area contributed by atoms with Crippen LogP contribution in [0, 0.1) is 28.8 Å². The number of pyridine rings is 1. The van der Waals surface area contributed by atoms with Crippen LogP contribution in [0.2, 0.25) is 0 Å². The molecule has 0 amide bonds. The Balaban J connectivity index is 1.24. The van der Waals surface area contributed by atoms with Crippen molar-refractivity contribution < 1.29 is 32.5 Å². The number of rotatable bonds is 11. The van der Waals surface area contributed by atoms with E-state index in [4.69, 9.17) is 14.7 Å². The minimum Gasteiger partial charge on any atom is -0.478 e. The number of aromatic nitrogens is 3. The maximum absolute atomic E-state index is 15.5. The zero-order valence-electron chi connectivity index (χ0n) is 24.0.